The number of aromatic nitrogens is 5. The van der Waals surface area contributed by atoms with Gasteiger partial charge in [0.05, 0.1) is 24.9 Å². The fourth-order valence-electron chi connectivity index (χ4n) is 3.79. The van der Waals surface area contributed by atoms with Crippen molar-refractivity contribution in [2.24, 2.45) is 0 Å². The first kappa shape index (κ1) is 20.6. The summed E-state index contributed by atoms with van der Waals surface area (Å²) in [5.74, 6) is 1.17. The summed E-state index contributed by atoms with van der Waals surface area (Å²) in [7, 11) is 1.57. The highest BCUT2D eigenvalue weighted by molar-refractivity contribution is 5.92. The normalized spacial score (nSPS) is 12.0. The molecule has 1 atom stereocenters. The first-order chi connectivity index (χ1) is 16.2. The van der Waals surface area contributed by atoms with Gasteiger partial charge in [-0.15, -0.1) is 0 Å². The third kappa shape index (κ3) is 3.87. The van der Waals surface area contributed by atoms with Crippen LogP contribution in [0.15, 0.2) is 79.3 Å². The van der Waals surface area contributed by atoms with Gasteiger partial charge < -0.3 is 10.1 Å². The zero-order chi connectivity index (χ0) is 22.8. The fraction of sp³-hybridized carbons (Fsp3) is 0.120. The Hall–Kier alpha value is -4.33. The smallest absolute Gasteiger partial charge is 0.183 e. The van der Waals surface area contributed by atoms with Crippen LogP contribution in [-0.4, -0.2) is 31.8 Å². The summed E-state index contributed by atoms with van der Waals surface area (Å²) >= 11 is 0. The third-order valence-electron chi connectivity index (χ3n) is 5.47. The van der Waals surface area contributed by atoms with Crippen molar-refractivity contribution in [1.82, 2.24) is 24.7 Å². The Kier molecular flexibility index (Phi) is 5.40. The quantitative estimate of drug-likeness (QED) is 0.382. The van der Waals surface area contributed by atoms with Crippen molar-refractivity contribution in [2.45, 2.75) is 13.0 Å². The van der Waals surface area contributed by atoms with E-state index >= 15 is 0 Å². The van der Waals surface area contributed by atoms with Crippen molar-refractivity contribution in [2.75, 3.05) is 12.4 Å². The van der Waals surface area contributed by atoms with Crippen LogP contribution in [0.1, 0.15) is 18.5 Å². The number of halogens is 1. The number of nitrogens with one attached hydrogen (secondary N) is 1. The molecular formula is C25H21FN6O. The largest absolute Gasteiger partial charge is 0.491 e. The average molecular weight is 440 g/mol. The number of nitrogens with zero attached hydrogens (tertiary/aromatic N) is 5. The summed E-state index contributed by atoms with van der Waals surface area (Å²) in [6.45, 7) is 1.92. The lowest BCUT2D eigenvalue weighted by Crippen LogP contribution is -2.10. The molecule has 0 unspecified atom stereocenters. The molecule has 0 spiro atoms. The second kappa shape index (κ2) is 8.66. The minimum atomic E-state index is -0.322. The summed E-state index contributed by atoms with van der Waals surface area (Å²) in [4.78, 5) is 13.2. The molecule has 3 heterocycles. The van der Waals surface area contributed by atoms with Gasteiger partial charge in [-0.25, -0.2) is 14.4 Å². The van der Waals surface area contributed by atoms with Gasteiger partial charge in [-0.1, -0.05) is 36.4 Å². The minimum Gasteiger partial charge on any atom is -0.491 e. The first-order valence-corrected chi connectivity index (χ1v) is 10.5. The van der Waals surface area contributed by atoms with Crippen molar-refractivity contribution in [3.8, 4) is 17.3 Å². The molecule has 0 saturated heterocycles. The second-order valence-electron chi connectivity index (χ2n) is 7.48. The lowest BCUT2D eigenvalue weighted by atomic mass is 10.1. The lowest BCUT2D eigenvalue weighted by molar-refractivity contribution is 0.413. The molecule has 0 radical (unpaired) electrons. The monoisotopic (exact) mass is 440 g/mol. The molecule has 0 aliphatic heterocycles. The molecule has 0 saturated carbocycles. The number of hydrogen-bond donors (Lipinski definition) is 1. The van der Waals surface area contributed by atoms with E-state index in [-0.39, 0.29) is 11.9 Å². The van der Waals surface area contributed by atoms with E-state index in [0.29, 0.717) is 28.6 Å². The van der Waals surface area contributed by atoms with Gasteiger partial charge in [0.15, 0.2) is 17.4 Å². The highest BCUT2D eigenvalue weighted by Gasteiger charge is 2.21. The molecule has 5 aromatic rings. The Labute approximate surface area is 189 Å². The molecule has 5 rings (SSSR count). The number of rotatable bonds is 6. The number of anilines is 2. The van der Waals surface area contributed by atoms with E-state index in [9.17, 15) is 4.39 Å². The topological polar surface area (TPSA) is 77.8 Å². The van der Waals surface area contributed by atoms with Crippen LogP contribution in [0.4, 0.5) is 15.9 Å². The van der Waals surface area contributed by atoms with Gasteiger partial charge in [-0.3, -0.25) is 9.67 Å². The van der Waals surface area contributed by atoms with Crippen LogP contribution in [0.5, 0.6) is 5.75 Å². The lowest BCUT2D eigenvalue weighted by Gasteiger charge is -2.14. The molecule has 0 fully saturated rings. The summed E-state index contributed by atoms with van der Waals surface area (Å²) < 4.78 is 21.8. The Morgan fingerprint density at radius 1 is 1.00 bits per heavy atom. The summed E-state index contributed by atoms with van der Waals surface area (Å²) in [6, 6.07) is 17.9. The van der Waals surface area contributed by atoms with Crippen molar-refractivity contribution >= 4 is 22.4 Å². The number of pyridine rings is 1. The van der Waals surface area contributed by atoms with Crippen LogP contribution in [-0.2, 0) is 0 Å². The molecule has 164 valence electrons. The van der Waals surface area contributed by atoms with Crippen molar-refractivity contribution in [1.29, 1.82) is 0 Å². The van der Waals surface area contributed by atoms with Gasteiger partial charge in [0, 0.05) is 29.0 Å². The number of benzene rings is 2. The van der Waals surface area contributed by atoms with Crippen molar-refractivity contribution in [3.63, 3.8) is 0 Å². The zero-order valence-electron chi connectivity index (χ0n) is 18.1. The molecule has 0 amide bonds. The SMILES string of the molecule is COc1cnc(-c2nn([C@H](C)c3ccccc3F)c3ccccc23)nc1Nc1ccncc1. The van der Waals surface area contributed by atoms with E-state index in [2.05, 4.69) is 15.3 Å². The molecule has 0 bridgehead atoms. The predicted octanol–water partition coefficient (Wildman–Crippen LogP) is 5.39. The maximum Gasteiger partial charge on any atom is 0.183 e. The predicted molar refractivity (Wildman–Crippen MR) is 125 cm³/mol. The Balaban J connectivity index is 1.62. The highest BCUT2D eigenvalue weighted by Crippen LogP contribution is 2.33. The minimum absolute atomic E-state index is 0.268. The highest BCUT2D eigenvalue weighted by atomic mass is 19.1. The third-order valence-corrected chi connectivity index (χ3v) is 5.47. The van der Waals surface area contributed by atoms with E-state index in [1.807, 2.05) is 54.1 Å². The van der Waals surface area contributed by atoms with Gasteiger partial charge in [0.25, 0.3) is 0 Å². The van der Waals surface area contributed by atoms with Gasteiger partial charge in [0.2, 0.25) is 0 Å². The van der Waals surface area contributed by atoms with Crippen LogP contribution >= 0.6 is 0 Å². The van der Waals surface area contributed by atoms with Crippen LogP contribution in [0.2, 0.25) is 0 Å². The Morgan fingerprint density at radius 2 is 1.76 bits per heavy atom. The number of hydrogen-bond acceptors (Lipinski definition) is 6. The van der Waals surface area contributed by atoms with E-state index in [1.54, 1.807) is 37.8 Å². The molecule has 7 nitrogen and oxygen atoms in total. The van der Waals surface area contributed by atoms with Crippen LogP contribution < -0.4 is 10.1 Å². The van der Waals surface area contributed by atoms with Gasteiger partial charge in [0.1, 0.15) is 11.5 Å². The van der Waals surface area contributed by atoms with E-state index in [1.165, 1.54) is 6.07 Å². The summed E-state index contributed by atoms with van der Waals surface area (Å²) in [5, 5.41) is 8.95. The Morgan fingerprint density at radius 3 is 2.55 bits per heavy atom. The average Bonchev–Trinajstić information content (AvgIpc) is 3.24. The molecule has 33 heavy (non-hydrogen) atoms. The second-order valence-corrected chi connectivity index (χ2v) is 7.48. The van der Waals surface area contributed by atoms with Gasteiger partial charge >= 0.3 is 0 Å². The number of methoxy groups -OCH3 is 1. The maximum absolute atomic E-state index is 14.5. The summed E-state index contributed by atoms with van der Waals surface area (Å²) in [5.41, 5.74) is 2.85. The van der Waals surface area contributed by atoms with Gasteiger partial charge in [-0.05, 0) is 31.2 Å². The number of ether oxygens (including phenoxy) is 1. The Bertz CT molecular complexity index is 1420. The van der Waals surface area contributed by atoms with Crippen molar-refractivity contribution < 1.29 is 9.13 Å². The molecule has 0 aliphatic rings. The van der Waals surface area contributed by atoms with Crippen LogP contribution in [0, 0.1) is 5.82 Å². The van der Waals surface area contributed by atoms with Crippen LogP contribution in [0.3, 0.4) is 0 Å². The van der Waals surface area contributed by atoms with E-state index in [4.69, 9.17) is 14.8 Å². The van der Waals surface area contributed by atoms with Gasteiger partial charge in [-0.2, -0.15) is 5.10 Å². The zero-order valence-corrected chi connectivity index (χ0v) is 18.1. The van der Waals surface area contributed by atoms with Crippen LogP contribution in [0.25, 0.3) is 22.4 Å². The molecular weight excluding hydrogens is 419 g/mol. The number of para-hydroxylation sites is 1. The fourth-order valence-corrected chi connectivity index (χ4v) is 3.79. The summed E-state index contributed by atoms with van der Waals surface area (Å²) in [6.07, 6.45) is 4.99. The molecule has 1 N–H and O–H groups in total. The maximum atomic E-state index is 14.5. The molecule has 2 aromatic carbocycles. The standard InChI is InChI=1S/C25H21FN6O/c1-16(18-7-3-5-9-20(18)26)32-21-10-6-4-8-19(21)23(31-32)25-28-15-22(33-2)24(30-25)29-17-11-13-27-14-12-17/h3-16H,1-2H3,(H,27,28,29,30)/t16-/m1/s1. The molecule has 3 aromatic heterocycles. The molecule has 8 heteroatoms. The van der Waals surface area contributed by atoms with E-state index < -0.39 is 0 Å². The first-order valence-electron chi connectivity index (χ1n) is 10.5. The molecule has 0 aliphatic carbocycles. The number of fused-ring (bicyclic) bond motifs is 1. The van der Waals surface area contributed by atoms with E-state index in [0.717, 1.165) is 16.6 Å². The van der Waals surface area contributed by atoms with Crippen molar-refractivity contribution in [3.05, 3.63) is 90.6 Å².